The minimum absolute atomic E-state index is 0. The average molecular weight is 1090 g/mol. The van der Waals surface area contributed by atoms with Gasteiger partial charge in [-0.25, -0.2) is 0 Å². The predicted molar refractivity (Wildman–Crippen MR) is 226 cm³/mol. The van der Waals surface area contributed by atoms with Gasteiger partial charge in [-0.2, -0.15) is 0 Å². The van der Waals surface area contributed by atoms with Crippen molar-refractivity contribution in [1.29, 1.82) is 0 Å². The summed E-state index contributed by atoms with van der Waals surface area (Å²) in [6, 6.07) is 39.7. The topological polar surface area (TPSA) is 0 Å². The standard InChI is InChI=1S/2C14H19P2.2C8H5.2Pt/c2*1-6-14(16(4)5,12-15(2)3)13-10-8-7-9-11-13;2*1-2-8-6-4-3-5-7-8;;/h2*7-11H,12H2,2-5H3;2*3-7H;;/q4*-1;2*+2/p+4. The predicted octanol–water partition coefficient (Wildman–Crippen LogP) is 10.1. The maximum atomic E-state index is 7.76. The van der Waals surface area contributed by atoms with E-state index in [9.17, 15) is 0 Å². The summed E-state index contributed by atoms with van der Waals surface area (Å²) in [5, 5.41) is -0.159. The van der Waals surface area contributed by atoms with Crippen LogP contribution in [0.15, 0.2) is 121 Å². The third-order valence-corrected chi connectivity index (χ3v) is 15.5. The summed E-state index contributed by atoms with van der Waals surface area (Å²) in [6.45, 7) is 18.5. The van der Waals surface area contributed by atoms with E-state index in [1.807, 2.05) is 72.8 Å². The molecule has 0 amide bonds. The van der Waals surface area contributed by atoms with Crippen molar-refractivity contribution in [3.8, 4) is 23.7 Å². The van der Waals surface area contributed by atoms with Crippen molar-refractivity contribution in [3.05, 3.63) is 169 Å². The van der Waals surface area contributed by atoms with Gasteiger partial charge in [0.25, 0.3) is 0 Å². The minimum Gasteiger partial charge on any atom is -0.689 e. The molecule has 0 saturated heterocycles. The third kappa shape index (κ3) is 17.2. The van der Waals surface area contributed by atoms with E-state index in [0.717, 1.165) is 23.5 Å². The first-order valence-electron chi connectivity index (χ1n) is 16.1. The number of benzene rings is 4. The molecule has 4 rings (SSSR count). The van der Waals surface area contributed by atoms with Gasteiger partial charge in [-0.1, -0.05) is 97.1 Å². The fraction of sp³-hybridized carbons (Fsp3) is 0.273. The van der Waals surface area contributed by atoms with Gasteiger partial charge in [0.15, 0.2) is 10.3 Å². The quantitative estimate of drug-likeness (QED) is 0.0938. The van der Waals surface area contributed by atoms with Crippen molar-refractivity contribution in [1.82, 2.24) is 0 Å². The molecule has 0 bridgehead atoms. The molecule has 0 nitrogen and oxygen atoms in total. The van der Waals surface area contributed by atoms with E-state index in [4.69, 9.17) is 25.7 Å². The molecule has 0 aliphatic heterocycles. The Hall–Kier alpha value is -1.78. The largest absolute Gasteiger partial charge is 2.00 e. The summed E-state index contributed by atoms with van der Waals surface area (Å²) in [6.07, 6.45) is 31.2. The Morgan fingerprint density at radius 2 is 0.660 bits per heavy atom. The Bertz CT molecular complexity index is 1490. The Kier molecular flexibility index (Phi) is 28.0. The summed E-state index contributed by atoms with van der Waals surface area (Å²) in [5.41, 5.74) is 4.23. The second-order valence-electron chi connectivity index (χ2n) is 12.5. The number of hydrogen-bond acceptors (Lipinski definition) is 0. The van der Waals surface area contributed by atoms with Crippen molar-refractivity contribution >= 4 is 31.7 Å². The van der Waals surface area contributed by atoms with Crippen LogP contribution in [0.1, 0.15) is 22.3 Å². The molecular weight excluding hydrogens is 1040 g/mol. The summed E-state index contributed by atoms with van der Waals surface area (Å²) in [5.74, 6) is 10.3. The zero-order valence-corrected chi connectivity index (χ0v) is 39.1. The van der Waals surface area contributed by atoms with E-state index >= 15 is 0 Å². The maximum absolute atomic E-state index is 7.76. The molecule has 0 heterocycles. The van der Waals surface area contributed by atoms with Gasteiger partial charge in [0, 0.05) is 96.1 Å². The van der Waals surface area contributed by atoms with Gasteiger partial charge in [-0.3, -0.25) is 11.8 Å². The molecule has 6 heteroatoms. The Balaban J connectivity index is 0. The zero-order chi connectivity index (χ0) is 36.0. The Morgan fingerprint density at radius 3 is 0.820 bits per heavy atom. The Labute approximate surface area is 340 Å². The van der Waals surface area contributed by atoms with Crippen LogP contribution in [0.2, 0.25) is 0 Å². The van der Waals surface area contributed by atoms with Crippen LogP contribution < -0.4 is 0 Å². The van der Waals surface area contributed by atoms with Gasteiger partial charge in [-0.15, -0.1) is 35.4 Å². The molecule has 0 saturated carbocycles. The summed E-state index contributed by atoms with van der Waals surface area (Å²) >= 11 is 0. The zero-order valence-electron chi connectivity index (χ0n) is 30.6. The van der Waals surface area contributed by atoms with Crippen molar-refractivity contribution < 1.29 is 42.1 Å². The summed E-state index contributed by atoms with van der Waals surface area (Å²) < 4.78 is 0. The average Bonchev–Trinajstić information content (AvgIpc) is 3.11. The van der Waals surface area contributed by atoms with Crippen LogP contribution in [0, 0.1) is 49.4 Å². The molecule has 0 aliphatic rings. The normalized spacial score (nSPS) is 12.0. The fourth-order valence-electron chi connectivity index (χ4n) is 5.17. The van der Waals surface area contributed by atoms with Gasteiger partial charge in [0.1, 0.15) is 12.3 Å². The van der Waals surface area contributed by atoms with E-state index < -0.39 is 15.8 Å². The van der Waals surface area contributed by atoms with Crippen LogP contribution >= 0.6 is 31.7 Å². The molecule has 0 N–H and O–H groups in total. The molecule has 4 aromatic rings. The van der Waals surface area contributed by atoms with Crippen LogP contribution in [0.3, 0.4) is 0 Å². The van der Waals surface area contributed by atoms with Crippen LogP contribution in [0.5, 0.6) is 0 Å². The fourth-order valence-corrected chi connectivity index (χ4v) is 14.8. The molecule has 264 valence electrons. The first-order valence-corrected chi connectivity index (χ1v) is 26.5. The van der Waals surface area contributed by atoms with Gasteiger partial charge >= 0.3 is 42.1 Å². The minimum atomic E-state index is -0.604. The molecule has 50 heavy (non-hydrogen) atoms. The molecular formula is C44H52P4Pt2+4. The molecule has 2 unspecified atom stereocenters. The van der Waals surface area contributed by atoms with E-state index in [1.54, 1.807) is 0 Å². The first kappa shape index (κ1) is 50.3. The second-order valence-corrected chi connectivity index (χ2v) is 23.8. The van der Waals surface area contributed by atoms with Gasteiger partial charge in [0.05, 0.1) is 0 Å². The summed E-state index contributed by atoms with van der Waals surface area (Å²) in [4.78, 5) is 0. The molecule has 0 aliphatic carbocycles. The van der Waals surface area contributed by atoms with Gasteiger partial charge in [-0.05, 0) is 0 Å². The summed E-state index contributed by atoms with van der Waals surface area (Å²) in [7, 11) is -1.91. The molecule has 0 spiro atoms. The molecule has 0 aromatic heterocycles. The number of rotatable bonds is 8. The molecule has 4 aromatic carbocycles. The van der Waals surface area contributed by atoms with Gasteiger partial charge in [0.2, 0.25) is 0 Å². The van der Waals surface area contributed by atoms with E-state index in [2.05, 4.69) is 126 Å². The third-order valence-electron chi connectivity index (χ3n) is 7.74. The first-order chi connectivity index (χ1) is 22.9. The second kappa shape index (κ2) is 27.8. The van der Waals surface area contributed by atoms with E-state index in [-0.39, 0.29) is 68.3 Å². The maximum Gasteiger partial charge on any atom is 2.00 e. The van der Waals surface area contributed by atoms with Crippen LogP contribution in [0.4, 0.5) is 0 Å². The van der Waals surface area contributed by atoms with Gasteiger partial charge < -0.3 is 37.5 Å². The van der Waals surface area contributed by atoms with Crippen LogP contribution in [-0.2, 0) is 52.4 Å². The van der Waals surface area contributed by atoms with Crippen molar-refractivity contribution in [2.24, 2.45) is 0 Å². The van der Waals surface area contributed by atoms with Crippen LogP contribution in [-0.4, -0.2) is 65.6 Å². The smallest absolute Gasteiger partial charge is 0.689 e. The monoisotopic (exact) mass is 1090 g/mol. The number of hydrogen-bond donors (Lipinski definition) is 0. The van der Waals surface area contributed by atoms with Crippen molar-refractivity contribution in [3.63, 3.8) is 0 Å². The molecule has 0 fully saturated rings. The van der Waals surface area contributed by atoms with E-state index in [1.165, 1.54) is 11.1 Å². The van der Waals surface area contributed by atoms with E-state index in [0.29, 0.717) is 0 Å². The van der Waals surface area contributed by atoms with Crippen LogP contribution in [0.25, 0.3) is 0 Å². The SMILES string of the molecule is [C-]#CC(C[PH+](C)C)(c1ccccc1)[PH+](C)C.[C-]#CC(C[PH+](C)C)(c1ccccc1)[PH+](C)C.[C-]#Cc1ccccc1.[C-]#Cc1ccccc1.[Pt+2].[Pt+2]. The van der Waals surface area contributed by atoms with Crippen molar-refractivity contribution in [2.45, 2.75) is 10.3 Å². The van der Waals surface area contributed by atoms with Crippen molar-refractivity contribution in [2.75, 3.05) is 65.6 Å². The Morgan fingerprint density at radius 1 is 0.420 bits per heavy atom. The molecule has 2 atom stereocenters. The molecule has 0 radical (unpaired) electrons.